The number of fused-ring (bicyclic) bond motifs is 1. The largest absolute Gasteiger partial charge is 0.344 e. The highest BCUT2D eigenvalue weighted by molar-refractivity contribution is 6.30. The number of aryl methyl sites for hydroxylation is 1. The van der Waals surface area contributed by atoms with Gasteiger partial charge >= 0.3 is 0 Å². The Kier molecular flexibility index (Phi) is 4.11. The van der Waals surface area contributed by atoms with Crippen molar-refractivity contribution in [2.75, 3.05) is 5.32 Å². The number of rotatable bonds is 4. The van der Waals surface area contributed by atoms with Crippen molar-refractivity contribution < 1.29 is 4.79 Å². The maximum atomic E-state index is 12.6. The minimum absolute atomic E-state index is 0.00350. The molecule has 0 saturated heterocycles. The summed E-state index contributed by atoms with van der Waals surface area (Å²) in [5.41, 5.74) is 3.47. The van der Waals surface area contributed by atoms with Crippen LogP contribution in [-0.2, 0) is 6.42 Å². The monoisotopic (exact) mass is 353 g/mol. The Morgan fingerprint density at radius 3 is 2.76 bits per heavy atom. The topological polar surface area (TPSA) is 82.7 Å². The third kappa shape index (κ3) is 3.21. The molecule has 1 aliphatic rings. The third-order valence-corrected chi connectivity index (χ3v) is 4.56. The van der Waals surface area contributed by atoms with Gasteiger partial charge in [0.15, 0.2) is 11.5 Å². The number of carbonyl (C=O) groups is 1. The second-order valence-corrected chi connectivity index (χ2v) is 6.35. The third-order valence-electron chi connectivity index (χ3n) is 4.31. The first-order valence-electron chi connectivity index (χ1n) is 8.03. The number of carbonyl (C=O) groups excluding carboxylic acids is 1. The number of halogens is 1. The fourth-order valence-electron chi connectivity index (χ4n) is 3.08. The molecule has 126 valence electrons. The molecule has 0 saturated carbocycles. The number of nitrogens with one attached hydrogen (secondary N) is 3. The lowest BCUT2D eigenvalue weighted by molar-refractivity contribution is 0.0932. The average Bonchev–Trinajstić information content (AvgIpc) is 3.24. The van der Waals surface area contributed by atoms with Gasteiger partial charge in [0.25, 0.3) is 5.91 Å². The summed E-state index contributed by atoms with van der Waals surface area (Å²) in [6.07, 6.45) is 1.86. The minimum atomic E-state index is -0.257. The predicted molar refractivity (Wildman–Crippen MR) is 96.1 cm³/mol. The zero-order chi connectivity index (χ0) is 17.2. The molecule has 25 heavy (non-hydrogen) atoms. The Labute approximate surface area is 149 Å². The van der Waals surface area contributed by atoms with Gasteiger partial charge in [0.2, 0.25) is 0 Å². The number of aromatic amines is 1. The molecular weight excluding hydrogens is 338 g/mol. The van der Waals surface area contributed by atoms with Gasteiger partial charge in [0.1, 0.15) is 0 Å². The summed E-state index contributed by atoms with van der Waals surface area (Å²) in [6, 6.07) is 15.3. The van der Waals surface area contributed by atoms with Gasteiger partial charge in [0, 0.05) is 10.7 Å². The number of nitrogens with zero attached hydrogens (tertiary/aromatic N) is 2. The van der Waals surface area contributed by atoms with E-state index in [4.69, 9.17) is 11.6 Å². The van der Waals surface area contributed by atoms with Gasteiger partial charge in [-0.3, -0.25) is 4.79 Å². The first kappa shape index (κ1) is 15.7. The Hall–Kier alpha value is -2.86. The first-order valence-corrected chi connectivity index (χ1v) is 8.40. The first-order chi connectivity index (χ1) is 12.2. The van der Waals surface area contributed by atoms with Crippen LogP contribution in [0, 0.1) is 0 Å². The van der Waals surface area contributed by atoms with Crippen molar-refractivity contribution in [1.82, 2.24) is 20.7 Å². The molecule has 3 N–H and O–H groups in total. The quantitative estimate of drug-likeness (QED) is 0.669. The molecule has 4 rings (SSSR count). The minimum Gasteiger partial charge on any atom is -0.344 e. The Bertz CT molecular complexity index is 906. The van der Waals surface area contributed by atoms with E-state index in [0.29, 0.717) is 10.8 Å². The van der Waals surface area contributed by atoms with E-state index < -0.39 is 0 Å². The molecule has 1 amide bonds. The fourth-order valence-corrected chi connectivity index (χ4v) is 3.21. The molecular formula is C18H16ClN5O. The van der Waals surface area contributed by atoms with E-state index in [1.165, 1.54) is 11.1 Å². The molecule has 0 radical (unpaired) electrons. The highest BCUT2D eigenvalue weighted by Gasteiger charge is 2.26. The molecule has 0 fully saturated rings. The maximum Gasteiger partial charge on any atom is 0.276 e. The van der Waals surface area contributed by atoms with Crippen molar-refractivity contribution in [3.8, 4) is 0 Å². The second-order valence-electron chi connectivity index (χ2n) is 5.92. The van der Waals surface area contributed by atoms with Crippen molar-refractivity contribution in [3.05, 3.63) is 70.4 Å². The summed E-state index contributed by atoms with van der Waals surface area (Å²) in [7, 11) is 0. The molecule has 0 bridgehead atoms. The summed E-state index contributed by atoms with van der Waals surface area (Å²) in [5.74, 6) is 0.123. The van der Waals surface area contributed by atoms with Gasteiger partial charge in [-0.05, 0) is 48.2 Å². The van der Waals surface area contributed by atoms with Crippen molar-refractivity contribution in [3.63, 3.8) is 0 Å². The van der Waals surface area contributed by atoms with Crippen LogP contribution in [0.4, 0.5) is 11.5 Å². The van der Waals surface area contributed by atoms with E-state index in [0.717, 1.165) is 18.5 Å². The highest BCUT2D eigenvalue weighted by Crippen LogP contribution is 2.31. The van der Waals surface area contributed by atoms with Crippen molar-refractivity contribution in [2.24, 2.45) is 0 Å². The number of amides is 1. The number of benzene rings is 2. The summed E-state index contributed by atoms with van der Waals surface area (Å²) in [5, 5.41) is 17.3. The second kappa shape index (κ2) is 6.57. The Morgan fingerprint density at radius 2 is 1.92 bits per heavy atom. The van der Waals surface area contributed by atoms with E-state index in [9.17, 15) is 4.79 Å². The molecule has 0 spiro atoms. The van der Waals surface area contributed by atoms with Crippen LogP contribution in [0.1, 0.15) is 34.1 Å². The van der Waals surface area contributed by atoms with E-state index >= 15 is 0 Å². The number of hydrogen-bond acceptors (Lipinski definition) is 4. The zero-order valence-electron chi connectivity index (χ0n) is 13.3. The van der Waals surface area contributed by atoms with Gasteiger partial charge in [0.05, 0.1) is 6.04 Å². The molecule has 1 aliphatic carbocycles. The Balaban J connectivity index is 1.50. The summed E-state index contributed by atoms with van der Waals surface area (Å²) in [4.78, 5) is 12.6. The highest BCUT2D eigenvalue weighted by atomic mass is 35.5. The van der Waals surface area contributed by atoms with Crippen LogP contribution in [0.3, 0.4) is 0 Å². The number of H-pyrrole nitrogens is 1. The van der Waals surface area contributed by atoms with Gasteiger partial charge in [-0.25, -0.2) is 0 Å². The molecule has 6 nitrogen and oxygen atoms in total. The number of aromatic nitrogens is 3. The molecule has 7 heteroatoms. The zero-order valence-corrected chi connectivity index (χ0v) is 14.0. The number of hydrogen-bond donors (Lipinski definition) is 3. The normalized spacial score (nSPS) is 15.6. The van der Waals surface area contributed by atoms with Crippen LogP contribution in [-0.4, -0.2) is 21.3 Å². The summed E-state index contributed by atoms with van der Waals surface area (Å²) >= 11 is 5.89. The van der Waals surface area contributed by atoms with Crippen LogP contribution in [0.2, 0.25) is 5.02 Å². The lowest BCUT2D eigenvalue weighted by Crippen LogP contribution is -2.28. The van der Waals surface area contributed by atoms with Crippen LogP contribution in [0.25, 0.3) is 0 Å². The molecule has 0 aliphatic heterocycles. The molecule has 1 heterocycles. The van der Waals surface area contributed by atoms with Gasteiger partial charge in [-0.2, -0.15) is 5.21 Å². The van der Waals surface area contributed by atoms with Crippen LogP contribution in [0.15, 0.2) is 48.5 Å². The molecule has 3 aromatic rings. The van der Waals surface area contributed by atoms with Crippen LogP contribution >= 0.6 is 11.6 Å². The fraction of sp³-hybridized carbons (Fsp3) is 0.167. The summed E-state index contributed by atoms with van der Waals surface area (Å²) < 4.78 is 0. The van der Waals surface area contributed by atoms with Crippen LogP contribution in [0.5, 0.6) is 0 Å². The average molecular weight is 354 g/mol. The molecule has 0 unspecified atom stereocenters. The molecule has 1 atom stereocenters. The van der Waals surface area contributed by atoms with Crippen LogP contribution < -0.4 is 10.6 Å². The van der Waals surface area contributed by atoms with Crippen molar-refractivity contribution >= 4 is 29.0 Å². The van der Waals surface area contributed by atoms with E-state index in [2.05, 4.69) is 38.2 Å². The predicted octanol–water partition coefficient (Wildman–Crippen LogP) is 3.62. The maximum absolute atomic E-state index is 12.6. The SMILES string of the molecule is O=C(N[C@@H]1CCc2ccccc21)c1n[nH]nc1Nc1ccc(Cl)cc1. The lowest BCUT2D eigenvalue weighted by atomic mass is 10.1. The van der Waals surface area contributed by atoms with Crippen molar-refractivity contribution in [1.29, 1.82) is 0 Å². The molecule has 1 aromatic heterocycles. The standard InChI is InChI=1S/C18H16ClN5O/c19-12-6-8-13(9-7-12)20-17-16(22-24-23-17)18(25)21-15-10-5-11-3-1-2-4-14(11)15/h1-4,6-9,15H,5,10H2,(H,21,25)(H2,20,22,23,24)/t15-/m1/s1. The lowest BCUT2D eigenvalue weighted by Gasteiger charge is -2.13. The van der Waals surface area contributed by atoms with Gasteiger partial charge < -0.3 is 10.6 Å². The van der Waals surface area contributed by atoms with E-state index in [1.807, 2.05) is 24.3 Å². The van der Waals surface area contributed by atoms with E-state index in [1.54, 1.807) is 12.1 Å². The smallest absolute Gasteiger partial charge is 0.276 e. The Morgan fingerprint density at radius 1 is 1.12 bits per heavy atom. The summed E-state index contributed by atoms with van der Waals surface area (Å²) in [6.45, 7) is 0. The van der Waals surface area contributed by atoms with Gasteiger partial charge in [-0.1, -0.05) is 35.9 Å². The number of anilines is 2. The van der Waals surface area contributed by atoms with Crippen molar-refractivity contribution in [2.45, 2.75) is 18.9 Å². The van der Waals surface area contributed by atoms with E-state index in [-0.39, 0.29) is 17.6 Å². The van der Waals surface area contributed by atoms with Gasteiger partial charge in [-0.15, -0.1) is 10.2 Å². The molecule has 2 aromatic carbocycles.